The van der Waals surface area contributed by atoms with Crippen LogP contribution in [0.2, 0.25) is 0 Å². The van der Waals surface area contributed by atoms with Crippen LogP contribution in [0.3, 0.4) is 0 Å². The highest BCUT2D eigenvalue weighted by Crippen LogP contribution is 2.14. The standard InChI is InChI=1S/C18H23N3O4/c1-12-16(13(2)21(20-12)9-8-17(22)25-3)11-19-10-14-4-6-15(7-5-14)18(23)24/h4-7,19H,8-11H2,1-3H3,(H,23,24). The molecule has 0 saturated heterocycles. The van der Waals surface area contributed by atoms with Crippen LogP contribution >= 0.6 is 0 Å². The Morgan fingerprint density at radius 2 is 1.88 bits per heavy atom. The number of aryl methyl sites for hydroxylation is 2. The lowest BCUT2D eigenvalue weighted by molar-refractivity contribution is -0.140. The molecule has 1 aromatic carbocycles. The number of carbonyl (C=O) groups excluding carboxylic acids is 1. The molecule has 1 aromatic heterocycles. The van der Waals surface area contributed by atoms with Crippen molar-refractivity contribution in [3.8, 4) is 0 Å². The molecular formula is C18H23N3O4. The highest BCUT2D eigenvalue weighted by molar-refractivity contribution is 5.87. The van der Waals surface area contributed by atoms with Crippen LogP contribution in [0, 0.1) is 13.8 Å². The predicted octanol–water partition coefficient (Wildman–Crippen LogP) is 2.05. The van der Waals surface area contributed by atoms with Crippen LogP contribution < -0.4 is 5.32 Å². The number of rotatable bonds is 8. The zero-order valence-corrected chi connectivity index (χ0v) is 14.7. The Kier molecular flexibility index (Phi) is 6.30. The van der Waals surface area contributed by atoms with Crippen molar-refractivity contribution in [2.45, 2.75) is 39.9 Å². The molecule has 25 heavy (non-hydrogen) atoms. The second-order valence-electron chi connectivity index (χ2n) is 5.80. The molecule has 0 amide bonds. The Bertz CT molecular complexity index is 750. The number of aromatic nitrogens is 2. The zero-order chi connectivity index (χ0) is 18.4. The topological polar surface area (TPSA) is 93.5 Å². The van der Waals surface area contributed by atoms with Crippen LogP contribution in [0.1, 0.15) is 39.3 Å². The van der Waals surface area contributed by atoms with E-state index in [2.05, 4.69) is 15.2 Å². The Labute approximate surface area is 146 Å². The van der Waals surface area contributed by atoms with E-state index in [1.165, 1.54) is 7.11 Å². The van der Waals surface area contributed by atoms with Crippen LogP contribution in [0.15, 0.2) is 24.3 Å². The smallest absolute Gasteiger partial charge is 0.335 e. The van der Waals surface area contributed by atoms with Gasteiger partial charge in [-0.15, -0.1) is 0 Å². The molecule has 2 N–H and O–H groups in total. The van der Waals surface area contributed by atoms with Gasteiger partial charge in [0.25, 0.3) is 0 Å². The van der Waals surface area contributed by atoms with Crippen molar-refractivity contribution in [2.24, 2.45) is 0 Å². The van der Waals surface area contributed by atoms with Crippen molar-refractivity contribution in [1.29, 1.82) is 0 Å². The van der Waals surface area contributed by atoms with Gasteiger partial charge in [0.2, 0.25) is 0 Å². The molecule has 0 spiro atoms. The molecular weight excluding hydrogens is 322 g/mol. The monoisotopic (exact) mass is 345 g/mol. The molecule has 0 saturated carbocycles. The summed E-state index contributed by atoms with van der Waals surface area (Å²) in [6, 6.07) is 6.80. The third-order valence-corrected chi connectivity index (χ3v) is 4.12. The van der Waals surface area contributed by atoms with Gasteiger partial charge in [-0.3, -0.25) is 9.48 Å². The van der Waals surface area contributed by atoms with Crippen LogP contribution in [-0.4, -0.2) is 33.9 Å². The number of benzene rings is 1. The Hall–Kier alpha value is -2.67. The van der Waals surface area contributed by atoms with Crippen molar-refractivity contribution in [2.75, 3.05) is 7.11 Å². The molecule has 0 aliphatic carbocycles. The number of nitrogens with one attached hydrogen (secondary N) is 1. The minimum absolute atomic E-state index is 0.253. The molecule has 0 aliphatic rings. The summed E-state index contributed by atoms with van der Waals surface area (Å²) in [5.74, 6) is -1.18. The number of hydrogen-bond donors (Lipinski definition) is 2. The number of nitrogens with zero attached hydrogens (tertiary/aromatic N) is 2. The summed E-state index contributed by atoms with van der Waals surface area (Å²) >= 11 is 0. The first kappa shape index (κ1) is 18.7. The summed E-state index contributed by atoms with van der Waals surface area (Å²) in [6.45, 7) is 5.70. The number of methoxy groups -OCH3 is 1. The average molecular weight is 345 g/mol. The van der Waals surface area contributed by atoms with E-state index in [4.69, 9.17) is 5.11 Å². The lowest BCUT2D eigenvalue weighted by Gasteiger charge is -2.07. The maximum Gasteiger partial charge on any atom is 0.335 e. The summed E-state index contributed by atoms with van der Waals surface area (Å²) in [6.07, 6.45) is 0.293. The van der Waals surface area contributed by atoms with Crippen molar-refractivity contribution < 1.29 is 19.4 Å². The van der Waals surface area contributed by atoms with Crippen LogP contribution in [-0.2, 0) is 29.2 Å². The van der Waals surface area contributed by atoms with E-state index in [0.29, 0.717) is 26.1 Å². The van der Waals surface area contributed by atoms with Crippen molar-refractivity contribution in [3.63, 3.8) is 0 Å². The molecule has 0 radical (unpaired) electrons. The molecule has 0 bridgehead atoms. The molecule has 134 valence electrons. The molecule has 0 atom stereocenters. The average Bonchev–Trinajstić information content (AvgIpc) is 2.87. The van der Waals surface area contributed by atoms with Gasteiger partial charge in [0, 0.05) is 24.3 Å². The second-order valence-corrected chi connectivity index (χ2v) is 5.80. The van der Waals surface area contributed by atoms with E-state index >= 15 is 0 Å². The highest BCUT2D eigenvalue weighted by Gasteiger charge is 2.12. The number of esters is 1. The number of carbonyl (C=O) groups is 2. The summed E-state index contributed by atoms with van der Waals surface area (Å²) < 4.78 is 6.48. The van der Waals surface area contributed by atoms with Gasteiger partial charge in [0.15, 0.2) is 0 Å². The van der Waals surface area contributed by atoms with Crippen molar-refractivity contribution in [3.05, 3.63) is 52.3 Å². The zero-order valence-electron chi connectivity index (χ0n) is 14.7. The van der Waals surface area contributed by atoms with Gasteiger partial charge in [-0.05, 0) is 31.5 Å². The van der Waals surface area contributed by atoms with E-state index in [-0.39, 0.29) is 11.5 Å². The summed E-state index contributed by atoms with van der Waals surface area (Å²) in [5, 5.41) is 16.7. The van der Waals surface area contributed by atoms with Crippen molar-refractivity contribution >= 4 is 11.9 Å². The maximum absolute atomic E-state index is 11.3. The van der Waals surface area contributed by atoms with E-state index in [1.54, 1.807) is 24.3 Å². The summed E-state index contributed by atoms with van der Waals surface area (Å²) in [5.41, 5.74) is 4.35. The lowest BCUT2D eigenvalue weighted by atomic mass is 10.1. The van der Waals surface area contributed by atoms with E-state index in [9.17, 15) is 9.59 Å². The molecule has 0 fully saturated rings. The normalized spacial score (nSPS) is 10.7. The highest BCUT2D eigenvalue weighted by atomic mass is 16.5. The first-order chi connectivity index (χ1) is 11.9. The SMILES string of the molecule is COC(=O)CCn1nc(C)c(CNCc2ccc(C(=O)O)cc2)c1C. The van der Waals surface area contributed by atoms with Gasteiger partial charge in [-0.25, -0.2) is 4.79 Å². The molecule has 2 rings (SSSR count). The van der Waals surface area contributed by atoms with Crippen LogP contribution in [0.25, 0.3) is 0 Å². The Morgan fingerprint density at radius 3 is 2.48 bits per heavy atom. The first-order valence-electron chi connectivity index (χ1n) is 8.05. The molecule has 0 unspecified atom stereocenters. The molecule has 7 nitrogen and oxygen atoms in total. The fraction of sp³-hybridized carbons (Fsp3) is 0.389. The Morgan fingerprint density at radius 1 is 1.20 bits per heavy atom. The number of aromatic carboxylic acids is 1. The third-order valence-electron chi connectivity index (χ3n) is 4.12. The first-order valence-corrected chi connectivity index (χ1v) is 8.05. The van der Waals surface area contributed by atoms with Crippen LogP contribution in [0.4, 0.5) is 0 Å². The summed E-state index contributed by atoms with van der Waals surface area (Å²) in [7, 11) is 1.38. The molecule has 1 heterocycles. The third kappa shape index (κ3) is 4.90. The minimum atomic E-state index is -0.926. The lowest BCUT2D eigenvalue weighted by Crippen LogP contribution is -2.14. The van der Waals surface area contributed by atoms with Gasteiger partial charge in [-0.2, -0.15) is 5.10 Å². The van der Waals surface area contributed by atoms with E-state index < -0.39 is 5.97 Å². The fourth-order valence-corrected chi connectivity index (χ4v) is 2.60. The minimum Gasteiger partial charge on any atom is -0.478 e. The fourth-order valence-electron chi connectivity index (χ4n) is 2.60. The van der Waals surface area contributed by atoms with Crippen molar-refractivity contribution in [1.82, 2.24) is 15.1 Å². The van der Waals surface area contributed by atoms with Gasteiger partial charge in [0.1, 0.15) is 0 Å². The van der Waals surface area contributed by atoms with E-state index in [1.807, 2.05) is 18.5 Å². The largest absolute Gasteiger partial charge is 0.478 e. The Balaban J connectivity index is 1.93. The summed E-state index contributed by atoms with van der Waals surface area (Å²) in [4.78, 5) is 22.1. The van der Waals surface area contributed by atoms with E-state index in [0.717, 1.165) is 22.5 Å². The number of ether oxygens (including phenoxy) is 1. The van der Waals surface area contributed by atoms with Gasteiger partial charge < -0.3 is 15.2 Å². The molecule has 0 aliphatic heterocycles. The second kappa shape index (κ2) is 8.43. The molecule has 7 heteroatoms. The number of hydrogen-bond acceptors (Lipinski definition) is 5. The predicted molar refractivity (Wildman–Crippen MR) is 92.3 cm³/mol. The van der Waals surface area contributed by atoms with Gasteiger partial charge >= 0.3 is 11.9 Å². The number of carboxylic acids is 1. The molecule has 2 aromatic rings. The van der Waals surface area contributed by atoms with Gasteiger partial charge in [0.05, 0.1) is 31.3 Å². The van der Waals surface area contributed by atoms with Crippen LogP contribution in [0.5, 0.6) is 0 Å². The maximum atomic E-state index is 11.3. The quantitative estimate of drug-likeness (QED) is 0.711. The van der Waals surface area contributed by atoms with Gasteiger partial charge in [-0.1, -0.05) is 12.1 Å². The number of carboxylic acid groups (broad SMARTS) is 1.